The number of hydrogen-bond donors (Lipinski definition) is 1. The number of piperidine rings is 1. The molecule has 4 rings (SSSR count). The third-order valence-corrected chi connectivity index (χ3v) is 5.15. The van der Waals surface area contributed by atoms with E-state index in [9.17, 15) is 4.79 Å². The summed E-state index contributed by atoms with van der Waals surface area (Å²) in [6, 6.07) is 18.0. The number of nitrogens with one attached hydrogen (secondary N) is 1. The van der Waals surface area contributed by atoms with Crippen molar-refractivity contribution in [3.63, 3.8) is 0 Å². The number of amides is 1. The standard InChI is InChI=1S/C22H24N2O3.ClH/c1-24(18-10-12-23-13-11-18)22(25)21-9-8-20(27-21)15-26-19-7-6-16-4-2-3-5-17(16)14-19;/h2-9,14,18,23H,10-13,15H2,1H3;1H. The van der Waals surface area contributed by atoms with Gasteiger partial charge < -0.3 is 19.4 Å². The van der Waals surface area contributed by atoms with Gasteiger partial charge in [0.05, 0.1) is 0 Å². The number of nitrogens with zero attached hydrogens (tertiary/aromatic N) is 1. The number of furan rings is 1. The van der Waals surface area contributed by atoms with E-state index in [0.717, 1.165) is 37.1 Å². The largest absolute Gasteiger partial charge is 0.486 e. The van der Waals surface area contributed by atoms with E-state index in [-0.39, 0.29) is 24.4 Å². The van der Waals surface area contributed by atoms with E-state index in [1.54, 1.807) is 11.0 Å². The van der Waals surface area contributed by atoms with Crippen LogP contribution in [0.25, 0.3) is 10.8 Å². The number of carbonyl (C=O) groups excluding carboxylic acids is 1. The number of halogens is 1. The van der Waals surface area contributed by atoms with Crippen LogP contribution in [0.1, 0.15) is 29.2 Å². The molecule has 1 saturated heterocycles. The zero-order valence-corrected chi connectivity index (χ0v) is 16.7. The van der Waals surface area contributed by atoms with Crippen LogP contribution in [-0.2, 0) is 6.61 Å². The Morgan fingerprint density at radius 2 is 1.86 bits per heavy atom. The van der Waals surface area contributed by atoms with Gasteiger partial charge in [-0.1, -0.05) is 30.3 Å². The van der Waals surface area contributed by atoms with E-state index >= 15 is 0 Å². The molecule has 148 valence electrons. The number of fused-ring (bicyclic) bond motifs is 1. The zero-order chi connectivity index (χ0) is 18.6. The SMILES string of the molecule is CN(C(=O)c1ccc(COc2ccc3ccccc3c2)o1)C1CCNCC1.Cl. The lowest BCUT2D eigenvalue weighted by molar-refractivity contribution is 0.0667. The molecule has 1 N–H and O–H groups in total. The summed E-state index contributed by atoms with van der Waals surface area (Å²) >= 11 is 0. The van der Waals surface area contributed by atoms with E-state index in [0.29, 0.717) is 18.1 Å². The lowest BCUT2D eigenvalue weighted by Gasteiger charge is -2.31. The lowest BCUT2D eigenvalue weighted by Crippen LogP contribution is -2.43. The molecule has 1 aromatic heterocycles. The van der Waals surface area contributed by atoms with Gasteiger partial charge in [-0.25, -0.2) is 0 Å². The fourth-order valence-corrected chi connectivity index (χ4v) is 3.52. The minimum atomic E-state index is -0.0705. The summed E-state index contributed by atoms with van der Waals surface area (Å²) in [4.78, 5) is 14.4. The predicted molar refractivity (Wildman–Crippen MR) is 112 cm³/mol. The molecule has 0 bridgehead atoms. The maximum Gasteiger partial charge on any atom is 0.289 e. The van der Waals surface area contributed by atoms with Crippen molar-refractivity contribution in [1.82, 2.24) is 10.2 Å². The Hall–Kier alpha value is -2.50. The second kappa shape index (κ2) is 9.13. The van der Waals surface area contributed by atoms with E-state index in [2.05, 4.69) is 17.4 Å². The number of carbonyl (C=O) groups is 1. The molecule has 2 aromatic carbocycles. The van der Waals surface area contributed by atoms with E-state index in [1.165, 1.54) is 5.39 Å². The van der Waals surface area contributed by atoms with Crippen LogP contribution in [0.15, 0.2) is 59.0 Å². The first-order chi connectivity index (χ1) is 13.2. The first kappa shape index (κ1) is 20.2. The summed E-state index contributed by atoms with van der Waals surface area (Å²) in [6.07, 6.45) is 1.95. The zero-order valence-electron chi connectivity index (χ0n) is 15.9. The molecule has 0 radical (unpaired) electrons. The molecule has 2 heterocycles. The minimum Gasteiger partial charge on any atom is -0.486 e. The molecule has 1 aliphatic rings. The van der Waals surface area contributed by atoms with E-state index < -0.39 is 0 Å². The molecular formula is C22H25ClN2O3. The Labute approximate surface area is 171 Å². The van der Waals surface area contributed by atoms with Crippen LogP contribution < -0.4 is 10.1 Å². The van der Waals surface area contributed by atoms with Gasteiger partial charge in [-0.15, -0.1) is 12.4 Å². The Kier molecular flexibility index (Phi) is 6.60. The summed E-state index contributed by atoms with van der Waals surface area (Å²) in [7, 11) is 1.85. The molecule has 1 fully saturated rings. The predicted octanol–water partition coefficient (Wildman–Crippen LogP) is 4.26. The summed E-state index contributed by atoms with van der Waals surface area (Å²) in [6.45, 7) is 2.19. The van der Waals surface area contributed by atoms with Gasteiger partial charge >= 0.3 is 0 Å². The monoisotopic (exact) mass is 400 g/mol. The Bertz CT molecular complexity index is 934. The van der Waals surface area contributed by atoms with Crippen LogP contribution in [0, 0.1) is 0 Å². The molecule has 0 unspecified atom stereocenters. The third-order valence-electron chi connectivity index (χ3n) is 5.15. The fourth-order valence-electron chi connectivity index (χ4n) is 3.52. The Balaban J connectivity index is 0.00000225. The van der Waals surface area contributed by atoms with Gasteiger partial charge in [0.15, 0.2) is 5.76 Å². The van der Waals surface area contributed by atoms with Crippen LogP contribution >= 0.6 is 12.4 Å². The molecule has 28 heavy (non-hydrogen) atoms. The Morgan fingerprint density at radius 1 is 1.11 bits per heavy atom. The highest BCUT2D eigenvalue weighted by Crippen LogP contribution is 2.22. The van der Waals surface area contributed by atoms with Crippen LogP contribution in [0.4, 0.5) is 0 Å². The highest BCUT2D eigenvalue weighted by atomic mass is 35.5. The second-order valence-electron chi connectivity index (χ2n) is 6.96. The fraction of sp³-hybridized carbons (Fsp3) is 0.318. The van der Waals surface area contributed by atoms with Crippen LogP contribution in [0.2, 0.25) is 0 Å². The number of hydrogen-bond acceptors (Lipinski definition) is 4. The van der Waals surface area contributed by atoms with Crippen molar-refractivity contribution in [2.45, 2.75) is 25.5 Å². The molecule has 1 aliphatic heterocycles. The molecule has 0 spiro atoms. The summed E-state index contributed by atoms with van der Waals surface area (Å²) in [5.41, 5.74) is 0. The quantitative estimate of drug-likeness (QED) is 0.695. The molecule has 3 aromatic rings. The smallest absolute Gasteiger partial charge is 0.289 e. The first-order valence-corrected chi connectivity index (χ1v) is 9.39. The third kappa shape index (κ3) is 4.49. The first-order valence-electron chi connectivity index (χ1n) is 9.39. The molecular weight excluding hydrogens is 376 g/mol. The molecule has 0 saturated carbocycles. The van der Waals surface area contributed by atoms with Crippen molar-refractivity contribution in [3.05, 3.63) is 66.1 Å². The van der Waals surface area contributed by atoms with E-state index in [4.69, 9.17) is 9.15 Å². The van der Waals surface area contributed by atoms with Gasteiger partial charge in [0.25, 0.3) is 5.91 Å². The lowest BCUT2D eigenvalue weighted by atomic mass is 10.1. The van der Waals surface area contributed by atoms with Gasteiger partial charge in [-0.3, -0.25) is 4.79 Å². The highest BCUT2D eigenvalue weighted by Gasteiger charge is 2.24. The maximum atomic E-state index is 12.6. The van der Waals surface area contributed by atoms with Gasteiger partial charge in [-0.2, -0.15) is 0 Å². The summed E-state index contributed by atoms with van der Waals surface area (Å²) in [5.74, 6) is 1.72. The van der Waals surface area contributed by atoms with Crippen LogP contribution in [0.5, 0.6) is 5.75 Å². The maximum absolute atomic E-state index is 12.6. The minimum absolute atomic E-state index is 0. The van der Waals surface area contributed by atoms with Crippen molar-refractivity contribution in [2.24, 2.45) is 0 Å². The van der Waals surface area contributed by atoms with E-state index in [1.807, 2.05) is 43.4 Å². The van der Waals surface area contributed by atoms with Crippen LogP contribution in [-0.4, -0.2) is 37.0 Å². The molecule has 1 amide bonds. The topological polar surface area (TPSA) is 54.7 Å². The van der Waals surface area contributed by atoms with Gasteiger partial charge in [0.1, 0.15) is 18.1 Å². The Morgan fingerprint density at radius 3 is 2.64 bits per heavy atom. The van der Waals surface area contributed by atoms with Gasteiger partial charge in [-0.05, 0) is 61.0 Å². The number of benzene rings is 2. The van der Waals surface area contributed by atoms with Crippen molar-refractivity contribution in [2.75, 3.05) is 20.1 Å². The number of ether oxygens (including phenoxy) is 1. The molecule has 0 atom stereocenters. The number of rotatable bonds is 5. The van der Waals surface area contributed by atoms with Crippen molar-refractivity contribution >= 4 is 29.1 Å². The van der Waals surface area contributed by atoms with Crippen LogP contribution in [0.3, 0.4) is 0 Å². The second-order valence-corrected chi connectivity index (χ2v) is 6.96. The molecule has 5 nitrogen and oxygen atoms in total. The highest BCUT2D eigenvalue weighted by molar-refractivity contribution is 5.91. The summed E-state index contributed by atoms with van der Waals surface area (Å²) in [5, 5.41) is 5.63. The van der Waals surface area contributed by atoms with Crippen molar-refractivity contribution in [1.29, 1.82) is 0 Å². The van der Waals surface area contributed by atoms with Gasteiger partial charge in [0, 0.05) is 13.1 Å². The summed E-state index contributed by atoms with van der Waals surface area (Å²) < 4.78 is 11.6. The van der Waals surface area contributed by atoms with Crippen molar-refractivity contribution < 1.29 is 13.9 Å². The molecule has 0 aliphatic carbocycles. The average Bonchev–Trinajstić information content (AvgIpc) is 3.20. The normalized spacial score (nSPS) is 14.5. The van der Waals surface area contributed by atoms with Gasteiger partial charge in [0.2, 0.25) is 0 Å². The van der Waals surface area contributed by atoms with Crippen molar-refractivity contribution in [3.8, 4) is 5.75 Å². The average molecular weight is 401 g/mol. The molecule has 6 heteroatoms.